The number of rotatable bonds is 3. The Balaban J connectivity index is 1.72. The molecule has 2 N–H and O–H groups in total. The quantitative estimate of drug-likeness (QED) is 0.636. The van der Waals surface area contributed by atoms with Gasteiger partial charge in [0.25, 0.3) is 0 Å². The highest BCUT2D eigenvalue weighted by Gasteiger charge is 2.71. The molecule has 7 heteroatoms. The summed E-state index contributed by atoms with van der Waals surface area (Å²) in [6, 6.07) is 0. The van der Waals surface area contributed by atoms with Crippen LogP contribution in [0.1, 0.15) is 86.0 Å². The monoisotopic (exact) mass is 450 g/mol. The Hall–Kier alpha value is -1.47. The van der Waals surface area contributed by atoms with Crippen molar-refractivity contribution < 1.29 is 34.1 Å². The molecule has 4 saturated carbocycles. The molecule has 0 spiro atoms. The van der Waals surface area contributed by atoms with Gasteiger partial charge in [0.15, 0.2) is 5.78 Å². The summed E-state index contributed by atoms with van der Waals surface area (Å²) in [5.74, 6) is -0.530. The molecule has 4 aliphatic carbocycles. The van der Waals surface area contributed by atoms with Gasteiger partial charge in [-0.15, -0.1) is 0 Å². The van der Waals surface area contributed by atoms with Gasteiger partial charge in [0.1, 0.15) is 23.4 Å². The molecule has 32 heavy (non-hydrogen) atoms. The van der Waals surface area contributed by atoms with E-state index in [1.54, 1.807) is 0 Å². The van der Waals surface area contributed by atoms with Crippen LogP contribution >= 0.6 is 0 Å². The van der Waals surface area contributed by atoms with Gasteiger partial charge in [-0.1, -0.05) is 13.8 Å². The van der Waals surface area contributed by atoms with E-state index in [0.717, 1.165) is 19.3 Å². The summed E-state index contributed by atoms with van der Waals surface area (Å²) in [7, 11) is 0. The first-order chi connectivity index (χ1) is 14.8. The van der Waals surface area contributed by atoms with Crippen molar-refractivity contribution in [3.63, 3.8) is 0 Å². The first-order valence-electron chi connectivity index (χ1n) is 12.1. The fraction of sp³-hybridized carbons (Fsp3) is 0.880. The molecule has 0 aromatic carbocycles. The molecule has 7 unspecified atom stereocenters. The van der Waals surface area contributed by atoms with E-state index >= 15 is 0 Å². The fourth-order valence-corrected chi connectivity index (χ4v) is 8.49. The van der Waals surface area contributed by atoms with Crippen LogP contribution in [0.2, 0.25) is 0 Å². The van der Waals surface area contributed by atoms with Crippen LogP contribution in [0.15, 0.2) is 0 Å². The maximum absolute atomic E-state index is 12.5. The summed E-state index contributed by atoms with van der Waals surface area (Å²) in [6.07, 6.45) is 3.71. The Kier molecular flexibility index (Phi) is 5.57. The second kappa shape index (κ2) is 7.52. The molecule has 0 aromatic rings. The number of Topliss-reactive ketones (excluding diaryl/α,β-unsaturated/α-hetero) is 1. The lowest BCUT2D eigenvalue weighted by Crippen LogP contribution is -2.70. The molecule has 9 atom stereocenters. The topological polar surface area (TPSA) is 110 Å². The van der Waals surface area contributed by atoms with E-state index in [-0.39, 0.29) is 35.9 Å². The lowest BCUT2D eigenvalue weighted by Gasteiger charge is -2.65. The largest absolute Gasteiger partial charge is 0.462 e. The zero-order valence-electron chi connectivity index (χ0n) is 20.0. The van der Waals surface area contributed by atoms with Gasteiger partial charge in [0.05, 0.1) is 0 Å². The number of ether oxygens (including phenoxy) is 2. The third-order valence-corrected chi connectivity index (χ3v) is 10.2. The van der Waals surface area contributed by atoms with Crippen LogP contribution in [-0.2, 0) is 23.9 Å². The van der Waals surface area contributed by atoms with E-state index < -0.39 is 40.2 Å². The van der Waals surface area contributed by atoms with Gasteiger partial charge in [-0.3, -0.25) is 14.4 Å². The Morgan fingerprint density at radius 2 is 1.38 bits per heavy atom. The van der Waals surface area contributed by atoms with Gasteiger partial charge in [-0.2, -0.15) is 0 Å². The van der Waals surface area contributed by atoms with Crippen molar-refractivity contribution in [1.82, 2.24) is 0 Å². The summed E-state index contributed by atoms with van der Waals surface area (Å²) >= 11 is 0. The molecular weight excluding hydrogens is 412 g/mol. The molecule has 0 heterocycles. The van der Waals surface area contributed by atoms with Crippen molar-refractivity contribution in [2.45, 2.75) is 109 Å². The SMILES string of the molecule is CC(=O)OC1CCC2(C)C3CCC4(C)C(CC[C@]4(O)C(C)=O)C3CC(OC(C)=O)[C@@]2(O)C1. The highest BCUT2D eigenvalue weighted by molar-refractivity contribution is 5.86. The fourth-order valence-electron chi connectivity index (χ4n) is 8.49. The predicted molar refractivity (Wildman–Crippen MR) is 115 cm³/mol. The average molecular weight is 451 g/mol. The molecule has 4 fully saturated rings. The van der Waals surface area contributed by atoms with Crippen LogP contribution < -0.4 is 0 Å². The van der Waals surface area contributed by atoms with E-state index in [9.17, 15) is 24.6 Å². The van der Waals surface area contributed by atoms with Crippen molar-refractivity contribution >= 4 is 17.7 Å². The number of carbonyl (C=O) groups is 3. The van der Waals surface area contributed by atoms with Crippen LogP contribution in [0.25, 0.3) is 0 Å². The van der Waals surface area contributed by atoms with Crippen molar-refractivity contribution in [3.8, 4) is 0 Å². The number of ketones is 1. The summed E-state index contributed by atoms with van der Waals surface area (Å²) in [5, 5.41) is 23.5. The second-order valence-electron chi connectivity index (χ2n) is 11.4. The van der Waals surface area contributed by atoms with Gasteiger partial charge in [0.2, 0.25) is 0 Å². The smallest absolute Gasteiger partial charge is 0.303 e. The molecule has 0 aliphatic heterocycles. The lowest BCUT2D eigenvalue weighted by atomic mass is 9.42. The number of carbonyl (C=O) groups excluding carboxylic acids is 3. The zero-order valence-corrected chi connectivity index (χ0v) is 20.0. The third-order valence-electron chi connectivity index (χ3n) is 10.2. The second-order valence-corrected chi connectivity index (χ2v) is 11.4. The van der Waals surface area contributed by atoms with Crippen molar-refractivity contribution in [3.05, 3.63) is 0 Å². The van der Waals surface area contributed by atoms with E-state index in [2.05, 4.69) is 6.92 Å². The first kappa shape index (κ1) is 23.7. The molecule has 4 aliphatic rings. The molecule has 180 valence electrons. The minimum atomic E-state index is -1.32. The summed E-state index contributed by atoms with van der Waals surface area (Å²) in [4.78, 5) is 36.1. The van der Waals surface area contributed by atoms with Crippen LogP contribution in [0.4, 0.5) is 0 Å². The third kappa shape index (κ3) is 3.10. The first-order valence-corrected chi connectivity index (χ1v) is 12.1. The highest BCUT2D eigenvalue weighted by Crippen LogP contribution is 2.69. The maximum atomic E-state index is 12.5. The Morgan fingerprint density at radius 1 is 0.812 bits per heavy atom. The van der Waals surface area contributed by atoms with Gasteiger partial charge in [-0.25, -0.2) is 0 Å². The van der Waals surface area contributed by atoms with Gasteiger partial charge < -0.3 is 19.7 Å². The minimum absolute atomic E-state index is 0.126. The lowest BCUT2D eigenvalue weighted by molar-refractivity contribution is -0.273. The van der Waals surface area contributed by atoms with Crippen LogP contribution in [0.3, 0.4) is 0 Å². The molecule has 7 nitrogen and oxygen atoms in total. The Bertz CT molecular complexity index is 825. The van der Waals surface area contributed by atoms with E-state index in [1.807, 2.05) is 6.92 Å². The maximum Gasteiger partial charge on any atom is 0.303 e. The summed E-state index contributed by atoms with van der Waals surface area (Å²) in [6.45, 7) is 8.35. The molecule has 0 radical (unpaired) electrons. The van der Waals surface area contributed by atoms with Crippen LogP contribution in [0.5, 0.6) is 0 Å². The van der Waals surface area contributed by atoms with Crippen molar-refractivity contribution in [2.24, 2.45) is 28.6 Å². The molecule has 0 bridgehead atoms. The number of fused-ring (bicyclic) bond motifs is 5. The number of hydrogen-bond donors (Lipinski definition) is 2. The molecule has 0 amide bonds. The normalized spacial score (nSPS) is 49.9. The predicted octanol–water partition coefficient (Wildman–Crippen LogP) is 2.94. The van der Waals surface area contributed by atoms with Crippen molar-refractivity contribution in [1.29, 1.82) is 0 Å². The van der Waals surface area contributed by atoms with Gasteiger partial charge >= 0.3 is 11.9 Å². The molecule has 0 saturated heterocycles. The number of esters is 2. The number of hydrogen-bond acceptors (Lipinski definition) is 7. The number of aliphatic hydroxyl groups is 2. The van der Waals surface area contributed by atoms with E-state index in [4.69, 9.17) is 9.47 Å². The van der Waals surface area contributed by atoms with Crippen LogP contribution in [0, 0.1) is 28.6 Å². The van der Waals surface area contributed by atoms with Gasteiger partial charge in [-0.05, 0) is 69.6 Å². The van der Waals surface area contributed by atoms with E-state index in [0.29, 0.717) is 25.7 Å². The Labute approximate surface area is 190 Å². The Morgan fingerprint density at radius 3 is 1.97 bits per heavy atom. The average Bonchev–Trinajstić information content (AvgIpc) is 2.96. The van der Waals surface area contributed by atoms with Gasteiger partial charge in [0, 0.05) is 31.1 Å². The standard InChI is InChI=1S/C25H38O7/c1-14(26)24(29)11-8-20-18-12-21(32-16(3)28)25(30)13-17(31-15(2)27)6-9-23(25,5)19(18)7-10-22(20,24)4/h17-21,29-30H,6-13H2,1-5H3/t17?,18?,19?,20?,21?,22?,23?,24-,25-/m0/s1. The van der Waals surface area contributed by atoms with Crippen LogP contribution in [-0.4, -0.2) is 51.3 Å². The molecular formula is C25H38O7. The summed E-state index contributed by atoms with van der Waals surface area (Å²) < 4.78 is 11.2. The molecule has 0 aromatic heterocycles. The highest BCUT2D eigenvalue weighted by atomic mass is 16.6. The van der Waals surface area contributed by atoms with E-state index in [1.165, 1.54) is 20.8 Å². The minimum Gasteiger partial charge on any atom is -0.462 e. The summed E-state index contributed by atoms with van der Waals surface area (Å²) in [5.41, 5.74) is -3.63. The van der Waals surface area contributed by atoms with Crippen molar-refractivity contribution in [2.75, 3.05) is 0 Å². The zero-order chi connectivity index (χ0) is 23.7. The molecule has 4 rings (SSSR count).